The molecule has 18 heavy (non-hydrogen) atoms. The number of nitrogens with two attached hydrogens (primary N) is 1. The van der Waals surface area contributed by atoms with Crippen molar-refractivity contribution in [2.24, 2.45) is 5.73 Å². The van der Waals surface area contributed by atoms with Crippen molar-refractivity contribution in [3.63, 3.8) is 0 Å². The molecule has 4 heteroatoms. The predicted octanol–water partition coefficient (Wildman–Crippen LogP) is 2.65. The Morgan fingerprint density at radius 1 is 1.44 bits per heavy atom. The van der Waals surface area contributed by atoms with Gasteiger partial charge in [0.15, 0.2) is 0 Å². The predicted molar refractivity (Wildman–Crippen MR) is 70.8 cm³/mol. The number of carbonyl (C=O) groups is 1. The van der Waals surface area contributed by atoms with Gasteiger partial charge in [-0.1, -0.05) is 24.1 Å². The minimum atomic E-state index is -0.753. The third-order valence-electron chi connectivity index (χ3n) is 2.94. The highest BCUT2D eigenvalue weighted by Crippen LogP contribution is 2.27. The van der Waals surface area contributed by atoms with Gasteiger partial charge in [-0.15, -0.1) is 0 Å². The molecule has 0 aliphatic heterocycles. The van der Waals surface area contributed by atoms with E-state index in [1.807, 2.05) is 25.1 Å². The lowest BCUT2D eigenvalue weighted by Gasteiger charge is -2.16. The van der Waals surface area contributed by atoms with E-state index in [2.05, 4.69) is 0 Å². The van der Waals surface area contributed by atoms with E-state index in [0.29, 0.717) is 6.42 Å². The molecule has 0 fully saturated rings. The molecule has 0 bridgehead atoms. The molecule has 0 aromatic heterocycles. The summed E-state index contributed by atoms with van der Waals surface area (Å²) < 4.78 is 5.29. The SMILES string of the molecule is COc1ccc(C)cc1C(N)CCCCC(=O)O. The fourth-order valence-corrected chi connectivity index (χ4v) is 1.94. The number of benzene rings is 1. The van der Waals surface area contributed by atoms with Crippen molar-refractivity contribution >= 4 is 5.97 Å². The smallest absolute Gasteiger partial charge is 0.303 e. The highest BCUT2D eigenvalue weighted by molar-refractivity contribution is 5.66. The fourth-order valence-electron chi connectivity index (χ4n) is 1.94. The van der Waals surface area contributed by atoms with Gasteiger partial charge in [0, 0.05) is 18.0 Å². The standard InChI is InChI=1S/C14H21NO3/c1-10-7-8-13(18-2)11(9-10)12(15)5-3-4-6-14(16)17/h7-9,12H,3-6,15H2,1-2H3,(H,16,17). The Kier molecular flexibility index (Phi) is 5.65. The summed E-state index contributed by atoms with van der Waals surface area (Å²) in [7, 11) is 1.63. The van der Waals surface area contributed by atoms with Crippen molar-refractivity contribution in [2.45, 2.75) is 38.6 Å². The van der Waals surface area contributed by atoms with Gasteiger partial charge in [-0.2, -0.15) is 0 Å². The molecule has 4 nitrogen and oxygen atoms in total. The summed E-state index contributed by atoms with van der Waals surface area (Å²) in [4.78, 5) is 10.4. The van der Waals surface area contributed by atoms with Gasteiger partial charge in [-0.05, 0) is 25.8 Å². The third kappa shape index (κ3) is 4.37. The van der Waals surface area contributed by atoms with Crippen LogP contribution in [0.3, 0.4) is 0 Å². The molecule has 0 aliphatic rings. The zero-order valence-electron chi connectivity index (χ0n) is 11.0. The van der Waals surface area contributed by atoms with E-state index in [-0.39, 0.29) is 12.5 Å². The Morgan fingerprint density at radius 2 is 2.17 bits per heavy atom. The molecule has 0 radical (unpaired) electrons. The number of ether oxygens (including phenoxy) is 1. The molecular weight excluding hydrogens is 230 g/mol. The van der Waals surface area contributed by atoms with Crippen LogP contribution in [0.15, 0.2) is 18.2 Å². The number of aryl methyl sites for hydroxylation is 1. The van der Waals surface area contributed by atoms with Crippen LogP contribution in [0.5, 0.6) is 5.75 Å². The Balaban J connectivity index is 2.57. The van der Waals surface area contributed by atoms with Gasteiger partial charge in [0.2, 0.25) is 0 Å². The van der Waals surface area contributed by atoms with Crippen molar-refractivity contribution in [3.8, 4) is 5.75 Å². The summed E-state index contributed by atoms with van der Waals surface area (Å²) in [5.41, 5.74) is 8.27. The topological polar surface area (TPSA) is 72.5 Å². The Hall–Kier alpha value is -1.55. The Labute approximate surface area is 108 Å². The maximum Gasteiger partial charge on any atom is 0.303 e. The second-order valence-electron chi connectivity index (χ2n) is 4.49. The fraction of sp³-hybridized carbons (Fsp3) is 0.500. The molecule has 0 amide bonds. The number of aliphatic carboxylic acids is 1. The minimum absolute atomic E-state index is 0.103. The van der Waals surface area contributed by atoms with Crippen LogP contribution in [-0.4, -0.2) is 18.2 Å². The molecule has 0 spiro atoms. The molecule has 0 aliphatic carbocycles. The third-order valence-corrected chi connectivity index (χ3v) is 2.94. The molecule has 1 aromatic carbocycles. The summed E-state index contributed by atoms with van der Waals surface area (Å²) in [5, 5.41) is 8.56. The first-order valence-electron chi connectivity index (χ1n) is 6.16. The molecule has 1 rings (SSSR count). The second-order valence-corrected chi connectivity index (χ2v) is 4.49. The van der Waals surface area contributed by atoms with Crippen LogP contribution in [0, 0.1) is 6.92 Å². The van der Waals surface area contributed by atoms with E-state index in [1.165, 1.54) is 0 Å². The van der Waals surface area contributed by atoms with Crippen molar-refractivity contribution in [2.75, 3.05) is 7.11 Å². The monoisotopic (exact) mass is 251 g/mol. The number of rotatable bonds is 7. The lowest BCUT2D eigenvalue weighted by Crippen LogP contribution is -2.12. The molecule has 100 valence electrons. The van der Waals surface area contributed by atoms with Crippen LogP contribution in [0.25, 0.3) is 0 Å². The largest absolute Gasteiger partial charge is 0.496 e. The zero-order chi connectivity index (χ0) is 13.5. The molecular formula is C14H21NO3. The summed E-state index contributed by atoms with van der Waals surface area (Å²) in [6, 6.07) is 5.83. The number of unbranched alkanes of at least 4 members (excludes halogenated alkanes) is 1. The normalized spacial score (nSPS) is 12.2. The molecule has 0 saturated heterocycles. The molecule has 0 saturated carbocycles. The number of hydrogen-bond acceptors (Lipinski definition) is 3. The van der Waals surface area contributed by atoms with Crippen LogP contribution in [0.1, 0.15) is 42.9 Å². The van der Waals surface area contributed by atoms with E-state index >= 15 is 0 Å². The maximum atomic E-state index is 10.4. The summed E-state index contributed by atoms with van der Waals surface area (Å²) >= 11 is 0. The summed E-state index contributed by atoms with van der Waals surface area (Å²) in [6.45, 7) is 2.01. The maximum absolute atomic E-state index is 10.4. The number of carboxylic acid groups (broad SMARTS) is 1. The highest BCUT2D eigenvalue weighted by Gasteiger charge is 2.12. The average molecular weight is 251 g/mol. The van der Waals surface area contributed by atoms with E-state index in [4.69, 9.17) is 15.6 Å². The van der Waals surface area contributed by atoms with Gasteiger partial charge in [0.05, 0.1) is 7.11 Å². The van der Waals surface area contributed by atoms with Crippen LogP contribution in [0.4, 0.5) is 0 Å². The first-order valence-corrected chi connectivity index (χ1v) is 6.16. The lowest BCUT2D eigenvalue weighted by atomic mass is 9.98. The first kappa shape index (κ1) is 14.5. The molecule has 1 unspecified atom stereocenters. The lowest BCUT2D eigenvalue weighted by molar-refractivity contribution is -0.137. The molecule has 3 N–H and O–H groups in total. The van der Waals surface area contributed by atoms with Gasteiger partial charge >= 0.3 is 5.97 Å². The van der Waals surface area contributed by atoms with Crippen LogP contribution in [0.2, 0.25) is 0 Å². The summed E-state index contributed by atoms with van der Waals surface area (Å²) in [6.07, 6.45) is 2.45. The molecule has 1 atom stereocenters. The number of carboxylic acids is 1. The van der Waals surface area contributed by atoms with Crippen molar-refractivity contribution < 1.29 is 14.6 Å². The quantitative estimate of drug-likeness (QED) is 0.731. The van der Waals surface area contributed by atoms with Crippen LogP contribution < -0.4 is 10.5 Å². The van der Waals surface area contributed by atoms with Crippen LogP contribution >= 0.6 is 0 Å². The van der Waals surface area contributed by atoms with E-state index in [1.54, 1.807) is 7.11 Å². The van der Waals surface area contributed by atoms with Gasteiger partial charge in [-0.25, -0.2) is 0 Å². The zero-order valence-corrected chi connectivity index (χ0v) is 11.0. The van der Waals surface area contributed by atoms with Crippen molar-refractivity contribution in [1.82, 2.24) is 0 Å². The van der Waals surface area contributed by atoms with Crippen LogP contribution in [-0.2, 0) is 4.79 Å². The molecule has 1 aromatic rings. The van der Waals surface area contributed by atoms with Gasteiger partial charge in [-0.3, -0.25) is 4.79 Å². The van der Waals surface area contributed by atoms with E-state index in [0.717, 1.165) is 29.7 Å². The van der Waals surface area contributed by atoms with Gasteiger partial charge in [0.1, 0.15) is 5.75 Å². The minimum Gasteiger partial charge on any atom is -0.496 e. The van der Waals surface area contributed by atoms with E-state index in [9.17, 15) is 4.79 Å². The number of methoxy groups -OCH3 is 1. The van der Waals surface area contributed by atoms with Crippen molar-refractivity contribution in [3.05, 3.63) is 29.3 Å². The van der Waals surface area contributed by atoms with Gasteiger partial charge < -0.3 is 15.6 Å². The first-order chi connectivity index (χ1) is 8.54. The number of hydrogen-bond donors (Lipinski definition) is 2. The second kappa shape index (κ2) is 7.01. The van der Waals surface area contributed by atoms with Crippen molar-refractivity contribution in [1.29, 1.82) is 0 Å². The van der Waals surface area contributed by atoms with E-state index < -0.39 is 5.97 Å². The Morgan fingerprint density at radius 3 is 2.78 bits per heavy atom. The molecule has 0 heterocycles. The highest BCUT2D eigenvalue weighted by atomic mass is 16.5. The average Bonchev–Trinajstić information content (AvgIpc) is 2.34. The van der Waals surface area contributed by atoms with Gasteiger partial charge in [0.25, 0.3) is 0 Å². The Bertz CT molecular complexity index is 404. The summed E-state index contributed by atoms with van der Waals surface area (Å²) in [5.74, 6) is 0.0445.